The predicted octanol–water partition coefficient (Wildman–Crippen LogP) is 3.96. The number of hydrogen-bond donors (Lipinski definition) is 1. The van der Waals surface area contributed by atoms with Crippen LogP contribution in [0.25, 0.3) is 0 Å². The molecule has 2 aromatic rings. The van der Waals surface area contributed by atoms with Crippen molar-refractivity contribution in [3.05, 3.63) is 71.0 Å². The van der Waals surface area contributed by atoms with Crippen LogP contribution < -0.4 is 5.73 Å². The number of halogens is 4. The van der Waals surface area contributed by atoms with Crippen molar-refractivity contribution >= 4 is 0 Å². The molecule has 0 aliphatic heterocycles. The quantitative estimate of drug-likeness (QED) is 0.849. The highest BCUT2D eigenvalue weighted by Crippen LogP contribution is 2.29. The van der Waals surface area contributed by atoms with Crippen LogP contribution in [-0.2, 0) is 19.0 Å². The van der Waals surface area contributed by atoms with Crippen LogP contribution in [-0.4, -0.2) is 6.04 Å². The third-order valence-electron chi connectivity index (χ3n) is 3.17. The predicted molar refractivity (Wildman–Crippen MR) is 73.2 cm³/mol. The maximum atomic E-state index is 13.1. The standard InChI is InChI=1S/C16H15F4N/c17-14-3-1-2-12(8-14)10-15(21)9-11-4-6-13(7-5-11)16(18,19)20/h1-8,15H,9-10,21H2. The lowest BCUT2D eigenvalue weighted by molar-refractivity contribution is -0.137. The average Bonchev–Trinajstić information content (AvgIpc) is 2.38. The van der Waals surface area contributed by atoms with Crippen LogP contribution in [0.15, 0.2) is 48.5 Å². The van der Waals surface area contributed by atoms with Gasteiger partial charge in [0.15, 0.2) is 0 Å². The summed E-state index contributed by atoms with van der Waals surface area (Å²) >= 11 is 0. The Hall–Kier alpha value is -1.88. The van der Waals surface area contributed by atoms with E-state index in [0.29, 0.717) is 12.8 Å². The first kappa shape index (κ1) is 15.5. The van der Waals surface area contributed by atoms with Crippen LogP contribution in [0.2, 0.25) is 0 Å². The summed E-state index contributed by atoms with van der Waals surface area (Å²) in [5, 5.41) is 0. The van der Waals surface area contributed by atoms with Crippen molar-refractivity contribution in [3.63, 3.8) is 0 Å². The van der Waals surface area contributed by atoms with Crippen molar-refractivity contribution in [2.45, 2.75) is 25.1 Å². The van der Waals surface area contributed by atoms with Gasteiger partial charge in [-0.1, -0.05) is 24.3 Å². The molecular weight excluding hydrogens is 282 g/mol. The van der Waals surface area contributed by atoms with Crippen LogP contribution >= 0.6 is 0 Å². The summed E-state index contributed by atoms with van der Waals surface area (Å²) in [6, 6.07) is 10.8. The molecule has 1 nitrogen and oxygen atoms in total. The topological polar surface area (TPSA) is 26.0 Å². The first-order valence-electron chi connectivity index (χ1n) is 6.51. The Morgan fingerprint density at radius 1 is 0.905 bits per heavy atom. The fourth-order valence-corrected chi connectivity index (χ4v) is 2.17. The summed E-state index contributed by atoms with van der Waals surface area (Å²) in [6.07, 6.45) is -3.42. The highest BCUT2D eigenvalue weighted by molar-refractivity contribution is 5.26. The summed E-state index contributed by atoms with van der Waals surface area (Å²) in [7, 11) is 0. The maximum Gasteiger partial charge on any atom is 0.416 e. The van der Waals surface area contributed by atoms with Crippen molar-refractivity contribution in [2.75, 3.05) is 0 Å². The molecule has 2 aromatic carbocycles. The van der Waals surface area contributed by atoms with Gasteiger partial charge in [0, 0.05) is 6.04 Å². The maximum absolute atomic E-state index is 13.1. The Labute approximate surface area is 120 Å². The van der Waals surface area contributed by atoms with E-state index in [9.17, 15) is 17.6 Å². The molecule has 0 bridgehead atoms. The Kier molecular flexibility index (Phi) is 4.63. The Balaban J connectivity index is 1.98. The van der Waals surface area contributed by atoms with E-state index in [-0.39, 0.29) is 11.9 Å². The molecule has 0 heterocycles. The minimum atomic E-state index is -4.33. The lowest BCUT2D eigenvalue weighted by Gasteiger charge is -2.13. The molecule has 0 saturated heterocycles. The minimum Gasteiger partial charge on any atom is -0.327 e. The molecule has 0 saturated carbocycles. The highest BCUT2D eigenvalue weighted by atomic mass is 19.4. The zero-order chi connectivity index (χ0) is 15.5. The Bertz CT molecular complexity index is 590. The molecule has 0 radical (unpaired) electrons. The summed E-state index contributed by atoms with van der Waals surface area (Å²) in [4.78, 5) is 0. The van der Waals surface area contributed by atoms with Crippen LogP contribution in [0.5, 0.6) is 0 Å². The lowest BCUT2D eigenvalue weighted by atomic mass is 9.99. The Morgan fingerprint density at radius 2 is 1.52 bits per heavy atom. The van der Waals surface area contributed by atoms with Crippen LogP contribution in [0.4, 0.5) is 17.6 Å². The SMILES string of the molecule is NC(Cc1ccc(C(F)(F)F)cc1)Cc1cccc(F)c1. The van der Waals surface area contributed by atoms with E-state index < -0.39 is 11.7 Å². The smallest absolute Gasteiger partial charge is 0.327 e. The van der Waals surface area contributed by atoms with Gasteiger partial charge in [-0.05, 0) is 48.2 Å². The summed E-state index contributed by atoms with van der Waals surface area (Å²) in [5.41, 5.74) is 6.79. The number of rotatable bonds is 4. The second-order valence-electron chi connectivity index (χ2n) is 4.99. The molecule has 0 spiro atoms. The van der Waals surface area contributed by atoms with E-state index in [1.807, 2.05) is 0 Å². The van der Waals surface area contributed by atoms with Gasteiger partial charge in [0.05, 0.1) is 5.56 Å². The number of hydrogen-bond acceptors (Lipinski definition) is 1. The first-order valence-corrected chi connectivity index (χ1v) is 6.51. The molecular formula is C16H15F4N. The van der Waals surface area contributed by atoms with Gasteiger partial charge in [-0.15, -0.1) is 0 Å². The van der Waals surface area contributed by atoms with Crippen LogP contribution in [0.1, 0.15) is 16.7 Å². The summed E-state index contributed by atoms with van der Waals surface area (Å²) in [6.45, 7) is 0. The first-order chi connectivity index (χ1) is 9.84. The molecule has 2 N–H and O–H groups in total. The number of nitrogens with two attached hydrogens (primary N) is 1. The van der Waals surface area contributed by atoms with E-state index in [1.165, 1.54) is 24.3 Å². The fourth-order valence-electron chi connectivity index (χ4n) is 2.17. The van der Waals surface area contributed by atoms with Crippen LogP contribution in [0, 0.1) is 5.82 Å². The summed E-state index contributed by atoms with van der Waals surface area (Å²) in [5.74, 6) is -0.325. The molecule has 1 atom stereocenters. The van der Waals surface area contributed by atoms with Crippen molar-refractivity contribution in [2.24, 2.45) is 5.73 Å². The van der Waals surface area contributed by atoms with Gasteiger partial charge in [-0.2, -0.15) is 13.2 Å². The molecule has 0 aromatic heterocycles. The molecule has 0 fully saturated rings. The van der Waals surface area contributed by atoms with E-state index in [4.69, 9.17) is 5.73 Å². The Morgan fingerprint density at radius 3 is 2.10 bits per heavy atom. The van der Waals surface area contributed by atoms with E-state index >= 15 is 0 Å². The number of alkyl halides is 3. The molecule has 0 aliphatic rings. The van der Waals surface area contributed by atoms with E-state index in [1.54, 1.807) is 12.1 Å². The molecule has 5 heteroatoms. The largest absolute Gasteiger partial charge is 0.416 e. The third-order valence-corrected chi connectivity index (χ3v) is 3.17. The minimum absolute atomic E-state index is 0.275. The lowest BCUT2D eigenvalue weighted by Crippen LogP contribution is -2.25. The second-order valence-corrected chi connectivity index (χ2v) is 4.99. The van der Waals surface area contributed by atoms with Gasteiger partial charge in [-0.3, -0.25) is 0 Å². The van der Waals surface area contributed by atoms with Gasteiger partial charge >= 0.3 is 6.18 Å². The van der Waals surface area contributed by atoms with E-state index in [2.05, 4.69) is 0 Å². The van der Waals surface area contributed by atoms with Gasteiger partial charge in [0.25, 0.3) is 0 Å². The molecule has 2 rings (SSSR count). The molecule has 1 unspecified atom stereocenters. The second kappa shape index (κ2) is 6.26. The van der Waals surface area contributed by atoms with Gasteiger partial charge < -0.3 is 5.73 Å². The zero-order valence-electron chi connectivity index (χ0n) is 11.2. The van der Waals surface area contributed by atoms with Gasteiger partial charge in [0.1, 0.15) is 5.82 Å². The van der Waals surface area contributed by atoms with Crippen molar-refractivity contribution in [3.8, 4) is 0 Å². The normalized spacial score (nSPS) is 13.2. The molecule has 0 aliphatic carbocycles. The van der Waals surface area contributed by atoms with Gasteiger partial charge in [-0.25, -0.2) is 4.39 Å². The third kappa shape index (κ3) is 4.56. The van der Waals surface area contributed by atoms with Crippen molar-refractivity contribution in [1.82, 2.24) is 0 Å². The van der Waals surface area contributed by atoms with Gasteiger partial charge in [0.2, 0.25) is 0 Å². The fraction of sp³-hybridized carbons (Fsp3) is 0.250. The highest BCUT2D eigenvalue weighted by Gasteiger charge is 2.29. The van der Waals surface area contributed by atoms with Crippen molar-refractivity contribution < 1.29 is 17.6 Å². The average molecular weight is 297 g/mol. The monoisotopic (exact) mass is 297 g/mol. The number of benzene rings is 2. The van der Waals surface area contributed by atoms with Crippen molar-refractivity contribution in [1.29, 1.82) is 0 Å². The molecule has 21 heavy (non-hydrogen) atoms. The zero-order valence-corrected chi connectivity index (χ0v) is 11.2. The van der Waals surface area contributed by atoms with E-state index in [0.717, 1.165) is 23.3 Å². The van der Waals surface area contributed by atoms with Crippen LogP contribution in [0.3, 0.4) is 0 Å². The molecule has 0 amide bonds. The summed E-state index contributed by atoms with van der Waals surface area (Å²) < 4.78 is 50.4. The molecule has 112 valence electrons.